The summed E-state index contributed by atoms with van der Waals surface area (Å²) in [5, 5.41) is 14.6. The molecule has 8 nitrogen and oxygen atoms in total. The molecule has 31 heavy (non-hydrogen) atoms. The van der Waals surface area contributed by atoms with Crippen molar-refractivity contribution >= 4 is 52.1 Å². The van der Waals surface area contributed by atoms with Crippen molar-refractivity contribution in [2.75, 3.05) is 11.9 Å². The van der Waals surface area contributed by atoms with Crippen LogP contribution in [-0.4, -0.2) is 17.4 Å². The number of nitro benzene ring substituents is 1. The van der Waals surface area contributed by atoms with Gasteiger partial charge in [0.2, 0.25) is 0 Å². The number of anilines is 1. The number of benzene rings is 2. The summed E-state index contributed by atoms with van der Waals surface area (Å²) in [6.45, 7) is 2.05. The molecule has 1 heterocycles. The van der Waals surface area contributed by atoms with Gasteiger partial charge in [0.25, 0.3) is 11.6 Å². The number of hydrogen-bond acceptors (Lipinski definition) is 6. The highest BCUT2D eigenvalue weighted by molar-refractivity contribution is 6.40. The predicted molar refractivity (Wildman–Crippen MR) is 117 cm³/mol. The lowest BCUT2D eigenvalue weighted by Crippen LogP contribution is -2.12. The first-order valence-corrected chi connectivity index (χ1v) is 10.0. The Morgan fingerprint density at radius 2 is 1.81 bits per heavy atom. The molecule has 0 aliphatic rings. The Labute approximate surface area is 191 Å². The number of rotatable bonds is 8. The molecule has 0 radical (unpaired) electrons. The Bertz CT molecular complexity index is 1110. The van der Waals surface area contributed by atoms with Gasteiger partial charge >= 0.3 is 0 Å². The molecule has 162 valence electrons. The second kappa shape index (κ2) is 9.91. The topological polar surface area (TPSA) is 104 Å². The highest BCUT2D eigenvalue weighted by Gasteiger charge is 2.20. The normalized spacial score (nSPS) is 10.6. The van der Waals surface area contributed by atoms with Gasteiger partial charge in [-0.3, -0.25) is 14.9 Å². The van der Waals surface area contributed by atoms with Crippen molar-refractivity contribution < 1.29 is 23.6 Å². The van der Waals surface area contributed by atoms with Crippen LogP contribution in [0.3, 0.4) is 0 Å². The zero-order chi connectivity index (χ0) is 22.5. The van der Waals surface area contributed by atoms with Gasteiger partial charge in [0, 0.05) is 5.02 Å². The quantitative estimate of drug-likeness (QED) is 0.293. The number of amides is 1. The summed E-state index contributed by atoms with van der Waals surface area (Å²) in [7, 11) is 0. The lowest BCUT2D eigenvalue weighted by molar-refractivity contribution is -0.384. The fourth-order valence-corrected chi connectivity index (χ4v) is 3.52. The van der Waals surface area contributed by atoms with E-state index in [1.54, 1.807) is 6.92 Å². The van der Waals surface area contributed by atoms with Gasteiger partial charge in [0.15, 0.2) is 11.5 Å². The third-order valence-corrected chi connectivity index (χ3v) is 4.71. The number of nitro groups is 1. The Kier molecular flexibility index (Phi) is 7.27. The summed E-state index contributed by atoms with van der Waals surface area (Å²) in [6.07, 6.45) is 0. The number of nitrogens with one attached hydrogen (secondary N) is 1. The Morgan fingerprint density at radius 1 is 1.10 bits per heavy atom. The molecule has 0 saturated carbocycles. The van der Waals surface area contributed by atoms with Crippen LogP contribution >= 0.6 is 34.8 Å². The van der Waals surface area contributed by atoms with Gasteiger partial charge < -0.3 is 19.2 Å². The monoisotopic (exact) mass is 484 g/mol. The number of furan rings is 1. The fourth-order valence-electron chi connectivity index (χ4n) is 2.60. The maximum Gasteiger partial charge on any atom is 0.296 e. The van der Waals surface area contributed by atoms with E-state index in [0.29, 0.717) is 23.1 Å². The molecule has 3 rings (SSSR count). The summed E-state index contributed by atoms with van der Waals surface area (Å²) >= 11 is 18.0. The molecular weight excluding hydrogens is 471 g/mol. The molecule has 0 bridgehead atoms. The van der Waals surface area contributed by atoms with Crippen molar-refractivity contribution in [2.24, 2.45) is 0 Å². The van der Waals surface area contributed by atoms with E-state index < -0.39 is 10.8 Å². The summed E-state index contributed by atoms with van der Waals surface area (Å²) in [4.78, 5) is 23.2. The van der Waals surface area contributed by atoms with Gasteiger partial charge in [-0.2, -0.15) is 0 Å². The van der Waals surface area contributed by atoms with E-state index in [4.69, 9.17) is 48.7 Å². The van der Waals surface area contributed by atoms with Gasteiger partial charge in [0.1, 0.15) is 23.8 Å². The van der Waals surface area contributed by atoms with Crippen LogP contribution in [0.15, 0.2) is 46.9 Å². The molecule has 11 heteroatoms. The molecule has 0 saturated heterocycles. The van der Waals surface area contributed by atoms with Crippen molar-refractivity contribution in [1.82, 2.24) is 0 Å². The molecule has 0 fully saturated rings. The van der Waals surface area contributed by atoms with E-state index in [1.807, 2.05) is 0 Å². The highest BCUT2D eigenvalue weighted by atomic mass is 35.5. The van der Waals surface area contributed by atoms with Crippen LogP contribution in [0.2, 0.25) is 15.1 Å². The molecule has 1 amide bonds. The van der Waals surface area contributed by atoms with Crippen molar-refractivity contribution in [3.8, 4) is 11.5 Å². The van der Waals surface area contributed by atoms with Crippen LogP contribution < -0.4 is 14.8 Å². The van der Waals surface area contributed by atoms with Crippen molar-refractivity contribution in [3.63, 3.8) is 0 Å². The van der Waals surface area contributed by atoms with E-state index in [9.17, 15) is 14.9 Å². The lowest BCUT2D eigenvalue weighted by Gasteiger charge is -2.09. The Hall–Kier alpha value is -2.94. The van der Waals surface area contributed by atoms with Crippen molar-refractivity contribution in [3.05, 3.63) is 79.2 Å². The average molecular weight is 486 g/mol. The van der Waals surface area contributed by atoms with Gasteiger partial charge in [0.05, 0.1) is 27.6 Å². The zero-order valence-electron chi connectivity index (χ0n) is 16.0. The minimum absolute atomic E-state index is 0.00683. The average Bonchev–Trinajstić information content (AvgIpc) is 3.17. The number of nitrogens with zero attached hydrogens (tertiary/aromatic N) is 1. The molecule has 0 aliphatic heterocycles. The van der Waals surface area contributed by atoms with Crippen LogP contribution in [0.5, 0.6) is 11.5 Å². The SMILES string of the molecule is CCOc1ccc(NC(=O)c2ccc(COc3c(Cl)cc(Cl)cc3Cl)o2)c([N+](=O)[O-])c1. The van der Waals surface area contributed by atoms with Crippen molar-refractivity contribution in [1.29, 1.82) is 0 Å². The van der Waals surface area contributed by atoms with Crippen LogP contribution in [0.25, 0.3) is 0 Å². The maximum absolute atomic E-state index is 12.5. The van der Waals surface area contributed by atoms with Crippen molar-refractivity contribution in [2.45, 2.75) is 13.5 Å². The van der Waals surface area contributed by atoms with E-state index in [1.165, 1.54) is 42.5 Å². The third-order valence-electron chi connectivity index (χ3n) is 3.93. The third kappa shape index (κ3) is 5.61. The minimum Gasteiger partial charge on any atom is -0.494 e. The molecule has 0 spiro atoms. The first-order valence-electron chi connectivity index (χ1n) is 8.87. The van der Waals surface area contributed by atoms with Crippen LogP contribution in [0, 0.1) is 10.1 Å². The van der Waals surface area contributed by atoms with Gasteiger partial charge in [-0.05, 0) is 43.3 Å². The lowest BCUT2D eigenvalue weighted by atomic mass is 10.2. The fraction of sp³-hybridized carbons (Fsp3) is 0.150. The number of ether oxygens (including phenoxy) is 2. The zero-order valence-corrected chi connectivity index (χ0v) is 18.3. The molecule has 3 aromatic rings. The smallest absolute Gasteiger partial charge is 0.296 e. The second-order valence-corrected chi connectivity index (χ2v) is 7.33. The maximum atomic E-state index is 12.5. The number of halogens is 3. The first-order chi connectivity index (χ1) is 14.8. The number of hydrogen-bond donors (Lipinski definition) is 1. The molecule has 1 aromatic heterocycles. The van der Waals surface area contributed by atoms with Crippen LogP contribution in [0.4, 0.5) is 11.4 Å². The van der Waals surface area contributed by atoms with Gasteiger partial charge in [-0.1, -0.05) is 34.8 Å². The minimum atomic E-state index is -0.666. The largest absolute Gasteiger partial charge is 0.494 e. The number of carbonyl (C=O) groups excluding carboxylic acids is 1. The molecule has 0 unspecified atom stereocenters. The molecule has 1 N–H and O–H groups in total. The predicted octanol–water partition coefficient (Wildman–Crippen LogP) is 6.38. The summed E-state index contributed by atoms with van der Waals surface area (Å²) in [5.74, 6) is 0.133. The van der Waals surface area contributed by atoms with E-state index >= 15 is 0 Å². The Morgan fingerprint density at radius 3 is 2.45 bits per heavy atom. The highest BCUT2D eigenvalue weighted by Crippen LogP contribution is 2.36. The molecule has 2 aromatic carbocycles. The van der Waals surface area contributed by atoms with E-state index in [0.717, 1.165) is 0 Å². The summed E-state index contributed by atoms with van der Waals surface area (Å²) < 4.78 is 16.3. The molecular formula is C20H15Cl3N2O6. The second-order valence-electron chi connectivity index (χ2n) is 6.08. The number of carbonyl (C=O) groups is 1. The Balaban J connectivity index is 1.70. The van der Waals surface area contributed by atoms with Crippen LogP contribution in [0.1, 0.15) is 23.2 Å². The molecule has 0 atom stereocenters. The van der Waals surface area contributed by atoms with E-state index in [2.05, 4.69) is 5.32 Å². The van der Waals surface area contributed by atoms with E-state index in [-0.39, 0.29) is 39.5 Å². The van der Waals surface area contributed by atoms with Gasteiger partial charge in [-0.15, -0.1) is 0 Å². The summed E-state index contributed by atoms with van der Waals surface area (Å²) in [6, 6.07) is 10.1. The first kappa shape index (κ1) is 22.7. The summed E-state index contributed by atoms with van der Waals surface area (Å²) in [5.41, 5.74) is -0.297. The standard InChI is InChI=1S/C20H15Cl3N2O6/c1-2-29-12-3-5-16(17(9-12)25(27)28)24-20(26)18-6-4-13(31-18)10-30-19-14(22)7-11(21)8-15(19)23/h3-9H,2,10H2,1H3,(H,24,26). The molecule has 0 aliphatic carbocycles. The van der Waals surface area contributed by atoms with Gasteiger partial charge in [-0.25, -0.2) is 0 Å². The van der Waals surface area contributed by atoms with Crippen LogP contribution in [-0.2, 0) is 6.61 Å².